The number of aromatic nitrogens is 3. The summed E-state index contributed by atoms with van der Waals surface area (Å²) < 4.78 is 7.78. The number of nitrogen functional groups attached to an aromatic ring is 1. The Morgan fingerprint density at radius 3 is 2.49 bits per heavy atom. The molecule has 1 fully saturated rings. The summed E-state index contributed by atoms with van der Waals surface area (Å²) in [6.07, 6.45) is 2.73. The molecular formula is C34H45N7O4. The van der Waals surface area contributed by atoms with Crippen LogP contribution in [0.25, 0.3) is 21.9 Å². The number of carboxylic acid groups (broad SMARTS) is 1. The molecule has 0 bridgehead atoms. The third kappa shape index (κ3) is 7.90. The van der Waals surface area contributed by atoms with Crippen molar-refractivity contribution in [2.75, 3.05) is 52.0 Å². The fourth-order valence-corrected chi connectivity index (χ4v) is 5.83. The first-order valence-corrected chi connectivity index (χ1v) is 15.9. The Hall–Kier alpha value is -4.22. The van der Waals surface area contributed by atoms with E-state index in [0.717, 1.165) is 85.2 Å². The summed E-state index contributed by atoms with van der Waals surface area (Å²) in [4.78, 5) is 41.0. The molecular weight excluding hydrogens is 570 g/mol. The minimum absolute atomic E-state index is 0.0972. The van der Waals surface area contributed by atoms with Crippen LogP contribution >= 0.6 is 0 Å². The van der Waals surface area contributed by atoms with Gasteiger partial charge in [0.15, 0.2) is 11.9 Å². The lowest BCUT2D eigenvalue weighted by Crippen LogP contribution is -2.49. The number of pyridine rings is 1. The Morgan fingerprint density at radius 1 is 1.04 bits per heavy atom. The number of hydrogen-bond acceptors (Lipinski definition) is 8. The lowest BCUT2D eigenvalue weighted by atomic mass is 10.1. The third-order valence-corrected chi connectivity index (χ3v) is 8.52. The van der Waals surface area contributed by atoms with E-state index in [-0.39, 0.29) is 5.91 Å². The van der Waals surface area contributed by atoms with E-state index in [2.05, 4.69) is 39.4 Å². The molecule has 1 saturated heterocycles. The van der Waals surface area contributed by atoms with Gasteiger partial charge < -0.3 is 29.9 Å². The number of nitrogens with zero attached hydrogens (tertiary/aromatic N) is 6. The summed E-state index contributed by atoms with van der Waals surface area (Å²) in [6.45, 7) is 9.42. The number of imidazole rings is 1. The molecule has 11 nitrogen and oxygen atoms in total. The number of unbranched alkanes of at least 4 members (excludes halogenated alkanes) is 1. The Bertz CT molecular complexity index is 1610. The molecule has 0 aliphatic carbocycles. The van der Waals surface area contributed by atoms with Crippen molar-refractivity contribution in [3.05, 3.63) is 59.9 Å². The predicted molar refractivity (Wildman–Crippen MR) is 176 cm³/mol. The number of carboxylic acids is 1. The second-order valence-electron chi connectivity index (χ2n) is 12.0. The maximum atomic E-state index is 13.8. The molecule has 2 aromatic carbocycles. The number of ether oxygens (including phenoxy) is 1. The highest BCUT2D eigenvalue weighted by Crippen LogP contribution is 2.29. The fraction of sp³-hybridized carbons (Fsp3) is 0.471. The molecule has 1 amide bonds. The highest BCUT2D eigenvalue weighted by Gasteiger charge is 2.22. The maximum Gasteiger partial charge on any atom is 0.344 e. The van der Waals surface area contributed by atoms with Gasteiger partial charge in [0.05, 0.1) is 17.6 Å². The average molecular weight is 616 g/mol. The van der Waals surface area contributed by atoms with Crippen LogP contribution in [0.15, 0.2) is 48.5 Å². The van der Waals surface area contributed by atoms with Crippen LogP contribution in [0.1, 0.15) is 44.5 Å². The number of hydrogen-bond donors (Lipinski definition) is 2. The topological polar surface area (TPSA) is 130 Å². The fourth-order valence-electron chi connectivity index (χ4n) is 5.83. The van der Waals surface area contributed by atoms with E-state index in [9.17, 15) is 14.7 Å². The van der Waals surface area contributed by atoms with Crippen molar-refractivity contribution in [3.8, 4) is 5.75 Å². The van der Waals surface area contributed by atoms with E-state index < -0.39 is 12.1 Å². The monoisotopic (exact) mass is 615 g/mol. The van der Waals surface area contributed by atoms with Crippen LogP contribution in [0, 0.1) is 0 Å². The number of anilines is 1. The minimum Gasteiger partial charge on any atom is -0.479 e. The molecule has 1 atom stereocenters. The van der Waals surface area contributed by atoms with Crippen molar-refractivity contribution in [1.82, 2.24) is 29.2 Å². The largest absolute Gasteiger partial charge is 0.479 e. The number of carbonyl (C=O) groups is 2. The van der Waals surface area contributed by atoms with Crippen LogP contribution in [0.2, 0.25) is 0 Å². The molecule has 3 heterocycles. The number of likely N-dealkylation sites (N-methyl/N-ethyl adjacent to an activating group) is 1. The molecule has 0 radical (unpaired) electrons. The van der Waals surface area contributed by atoms with E-state index in [0.29, 0.717) is 37.7 Å². The predicted octanol–water partition coefficient (Wildman–Crippen LogP) is 4.03. The Balaban J connectivity index is 1.36. The minimum atomic E-state index is -1.02. The van der Waals surface area contributed by atoms with Crippen LogP contribution < -0.4 is 10.5 Å². The van der Waals surface area contributed by atoms with Gasteiger partial charge in [-0.3, -0.25) is 9.69 Å². The van der Waals surface area contributed by atoms with E-state index in [1.165, 1.54) is 6.92 Å². The van der Waals surface area contributed by atoms with Gasteiger partial charge in [-0.25, -0.2) is 14.8 Å². The van der Waals surface area contributed by atoms with Gasteiger partial charge in [-0.05, 0) is 50.6 Å². The smallest absolute Gasteiger partial charge is 0.344 e. The third-order valence-electron chi connectivity index (χ3n) is 8.52. The second-order valence-corrected chi connectivity index (χ2v) is 12.0. The van der Waals surface area contributed by atoms with Crippen LogP contribution in [-0.2, 0) is 29.1 Å². The first-order valence-electron chi connectivity index (χ1n) is 15.9. The number of benzene rings is 2. The van der Waals surface area contributed by atoms with Gasteiger partial charge in [-0.1, -0.05) is 43.7 Å². The van der Waals surface area contributed by atoms with E-state index in [1.54, 1.807) is 12.1 Å². The number of fused-ring (bicyclic) bond motifs is 3. The zero-order chi connectivity index (χ0) is 31.9. The summed E-state index contributed by atoms with van der Waals surface area (Å²) in [5.41, 5.74) is 9.95. The SMILES string of the molecule is CCCCc1nc2c(N)nc3ccccc3c2n1CCCN(Cc1ccc(OC(C)C(=O)O)cc1)C(=O)CN1CCN(C)CC1. The summed E-state index contributed by atoms with van der Waals surface area (Å²) in [6, 6.07) is 15.4. The summed E-state index contributed by atoms with van der Waals surface area (Å²) in [7, 11) is 2.11. The number of aryl methyl sites for hydroxylation is 2. The van der Waals surface area contributed by atoms with Gasteiger partial charge in [-0.15, -0.1) is 0 Å². The highest BCUT2D eigenvalue weighted by atomic mass is 16.5. The number of amides is 1. The van der Waals surface area contributed by atoms with Crippen LogP contribution in [-0.4, -0.2) is 98.6 Å². The van der Waals surface area contributed by atoms with Gasteiger partial charge in [-0.2, -0.15) is 0 Å². The van der Waals surface area contributed by atoms with Gasteiger partial charge in [0.25, 0.3) is 0 Å². The first-order chi connectivity index (χ1) is 21.7. The van der Waals surface area contributed by atoms with Crippen molar-refractivity contribution in [1.29, 1.82) is 0 Å². The van der Waals surface area contributed by atoms with E-state index in [4.69, 9.17) is 15.5 Å². The molecule has 1 aliphatic heterocycles. The lowest BCUT2D eigenvalue weighted by molar-refractivity contribution is -0.144. The molecule has 4 aromatic rings. The van der Waals surface area contributed by atoms with Crippen molar-refractivity contribution in [2.24, 2.45) is 0 Å². The molecule has 240 valence electrons. The zero-order valence-corrected chi connectivity index (χ0v) is 26.6. The molecule has 45 heavy (non-hydrogen) atoms. The Labute approximate surface area is 264 Å². The normalized spacial score (nSPS) is 15.0. The number of rotatable bonds is 14. The molecule has 3 N–H and O–H groups in total. The molecule has 0 saturated carbocycles. The first kappa shape index (κ1) is 32.2. The Morgan fingerprint density at radius 2 is 1.78 bits per heavy atom. The summed E-state index contributed by atoms with van der Waals surface area (Å²) in [5, 5.41) is 10.2. The highest BCUT2D eigenvalue weighted by molar-refractivity contribution is 6.06. The number of aliphatic carboxylic acids is 1. The number of nitrogens with two attached hydrogens (primary N) is 1. The van der Waals surface area contributed by atoms with Crippen molar-refractivity contribution < 1.29 is 19.4 Å². The van der Waals surface area contributed by atoms with Gasteiger partial charge in [0, 0.05) is 57.6 Å². The standard InChI is InChI=1S/C34H45N7O4/c1-4-5-11-29-37-31-32(27-9-6-7-10-28(27)36-33(31)35)41(29)17-8-16-40(30(42)23-39-20-18-38(3)19-21-39)22-25-12-14-26(15-13-25)45-24(2)34(43)44/h6-7,9-10,12-15,24H,4-5,8,11,16-23H2,1-3H3,(H2,35,36)(H,43,44). The molecule has 1 aliphatic rings. The summed E-state index contributed by atoms with van der Waals surface area (Å²) in [5.74, 6) is 0.999. The molecule has 1 unspecified atom stereocenters. The zero-order valence-electron chi connectivity index (χ0n) is 26.6. The van der Waals surface area contributed by atoms with E-state index in [1.807, 2.05) is 35.2 Å². The van der Waals surface area contributed by atoms with Gasteiger partial charge in [0.1, 0.15) is 17.1 Å². The molecule has 5 rings (SSSR count). The maximum absolute atomic E-state index is 13.8. The van der Waals surface area contributed by atoms with Crippen molar-refractivity contribution in [2.45, 2.75) is 58.7 Å². The number of para-hydroxylation sites is 1. The van der Waals surface area contributed by atoms with Crippen LogP contribution in [0.4, 0.5) is 5.82 Å². The second kappa shape index (κ2) is 14.7. The van der Waals surface area contributed by atoms with Gasteiger partial charge >= 0.3 is 5.97 Å². The average Bonchev–Trinajstić information content (AvgIpc) is 3.40. The van der Waals surface area contributed by atoms with Crippen molar-refractivity contribution >= 4 is 39.6 Å². The van der Waals surface area contributed by atoms with Crippen LogP contribution in [0.3, 0.4) is 0 Å². The molecule has 2 aromatic heterocycles. The quantitative estimate of drug-likeness (QED) is 0.216. The molecule has 0 spiro atoms. The van der Waals surface area contributed by atoms with E-state index >= 15 is 0 Å². The molecule has 11 heteroatoms. The number of piperazine rings is 1. The van der Waals surface area contributed by atoms with Crippen LogP contribution in [0.5, 0.6) is 5.75 Å². The summed E-state index contributed by atoms with van der Waals surface area (Å²) >= 11 is 0. The number of carbonyl (C=O) groups excluding carboxylic acids is 1. The lowest BCUT2D eigenvalue weighted by Gasteiger charge is -2.33. The van der Waals surface area contributed by atoms with Crippen molar-refractivity contribution in [3.63, 3.8) is 0 Å². The van der Waals surface area contributed by atoms with Gasteiger partial charge in [0.2, 0.25) is 5.91 Å². The Kier molecular flexibility index (Phi) is 10.5.